The first-order chi connectivity index (χ1) is 10.1. The molecule has 1 aliphatic rings. The molecule has 1 saturated heterocycles. The van der Waals surface area contributed by atoms with Gasteiger partial charge < -0.3 is 20.1 Å². The maximum Gasteiger partial charge on any atom is 0.0661 e. The summed E-state index contributed by atoms with van der Waals surface area (Å²) in [5, 5.41) is 13.5. The number of nitrogens with one attached hydrogen (secondary N) is 1. The van der Waals surface area contributed by atoms with Crippen LogP contribution in [0.25, 0.3) is 0 Å². The van der Waals surface area contributed by atoms with E-state index in [1.165, 1.54) is 5.69 Å². The smallest absolute Gasteiger partial charge is 0.0661 e. The van der Waals surface area contributed by atoms with E-state index >= 15 is 0 Å². The standard InChI is InChI=1S/C16H25ClN2O2/c1-12(11-21-2)18-15-9-14(17)3-4-16(15)19-7-5-13(10-20)6-8-19/h3-4,9,12-13,18,20H,5-8,10-11H2,1-2H3/t12-/m1/s1. The number of methoxy groups -OCH3 is 1. The molecule has 0 saturated carbocycles. The van der Waals surface area contributed by atoms with Crippen molar-refractivity contribution in [1.82, 2.24) is 0 Å². The fraction of sp³-hybridized carbons (Fsp3) is 0.625. The van der Waals surface area contributed by atoms with Crippen LogP contribution in [0.2, 0.25) is 5.02 Å². The monoisotopic (exact) mass is 312 g/mol. The Morgan fingerprint density at radius 1 is 1.43 bits per heavy atom. The first-order valence-electron chi connectivity index (χ1n) is 7.55. The van der Waals surface area contributed by atoms with Crippen molar-refractivity contribution < 1.29 is 9.84 Å². The second kappa shape index (κ2) is 7.87. The zero-order chi connectivity index (χ0) is 15.2. The molecule has 0 amide bonds. The highest BCUT2D eigenvalue weighted by Crippen LogP contribution is 2.32. The topological polar surface area (TPSA) is 44.7 Å². The number of hydrogen-bond donors (Lipinski definition) is 2. The van der Waals surface area contributed by atoms with Crippen LogP contribution in [0, 0.1) is 5.92 Å². The predicted octanol–water partition coefficient (Wildman–Crippen LogP) is 3.00. The third-order valence-corrected chi connectivity index (χ3v) is 4.23. The summed E-state index contributed by atoms with van der Waals surface area (Å²) in [5.41, 5.74) is 2.23. The van der Waals surface area contributed by atoms with Crippen molar-refractivity contribution in [3.8, 4) is 0 Å². The van der Waals surface area contributed by atoms with E-state index in [-0.39, 0.29) is 6.04 Å². The molecular weight excluding hydrogens is 288 g/mol. The lowest BCUT2D eigenvalue weighted by Crippen LogP contribution is -2.35. The van der Waals surface area contributed by atoms with Crippen LogP contribution in [0.4, 0.5) is 11.4 Å². The summed E-state index contributed by atoms with van der Waals surface area (Å²) in [5.74, 6) is 0.442. The van der Waals surface area contributed by atoms with Crippen LogP contribution in [0.15, 0.2) is 18.2 Å². The van der Waals surface area contributed by atoms with Crippen molar-refractivity contribution >= 4 is 23.0 Å². The van der Waals surface area contributed by atoms with E-state index in [0.29, 0.717) is 19.1 Å². The molecule has 1 heterocycles. The van der Waals surface area contributed by atoms with Gasteiger partial charge in [-0.05, 0) is 43.9 Å². The molecule has 1 aliphatic heterocycles. The number of ether oxygens (including phenoxy) is 1. The van der Waals surface area contributed by atoms with E-state index in [1.807, 2.05) is 12.1 Å². The van der Waals surface area contributed by atoms with Crippen LogP contribution in [0.5, 0.6) is 0 Å². The lowest BCUT2D eigenvalue weighted by Gasteiger charge is -2.34. The molecule has 0 unspecified atom stereocenters. The maximum absolute atomic E-state index is 9.25. The maximum atomic E-state index is 9.25. The van der Waals surface area contributed by atoms with Crippen LogP contribution in [0.1, 0.15) is 19.8 Å². The number of aliphatic hydroxyl groups excluding tert-OH is 1. The molecule has 0 aromatic heterocycles. The normalized spacial score (nSPS) is 17.8. The molecule has 5 heteroatoms. The quantitative estimate of drug-likeness (QED) is 0.847. The lowest BCUT2D eigenvalue weighted by atomic mass is 9.97. The Kier molecular flexibility index (Phi) is 6.15. The van der Waals surface area contributed by atoms with Crippen LogP contribution in [0.3, 0.4) is 0 Å². The molecule has 1 atom stereocenters. The number of hydrogen-bond acceptors (Lipinski definition) is 4. The van der Waals surface area contributed by atoms with E-state index in [2.05, 4.69) is 23.2 Å². The minimum Gasteiger partial charge on any atom is -0.396 e. The summed E-state index contributed by atoms with van der Waals surface area (Å²) in [4.78, 5) is 2.37. The Morgan fingerprint density at radius 2 is 2.14 bits per heavy atom. The summed E-state index contributed by atoms with van der Waals surface area (Å²) in [7, 11) is 1.71. The third-order valence-electron chi connectivity index (χ3n) is 3.99. The number of nitrogens with zero attached hydrogens (tertiary/aromatic N) is 1. The van der Waals surface area contributed by atoms with Crippen LogP contribution < -0.4 is 10.2 Å². The van der Waals surface area contributed by atoms with Crippen molar-refractivity contribution in [2.45, 2.75) is 25.8 Å². The van der Waals surface area contributed by atoms with Gasteiger partial charge in [-0.3, -0.25) is 0 Å². The molecule has 2 N–H and O–H groups in total. The van der Waals surface area contributed by atoms with Gasteiger partial charge in [0.25, 0.3) is 0 Å². The highest BCUT2D eigenvalue weighted by Gasteiger charge is 2.21. The second-order valence-electron chi connectivity index (χ2n) is 5.78. The molecule has 1 aromatic rings. The highest BCUT2D eigenvalue weighted by atomic mass is 35.5. The van der Waals surface area contributed by atoms with Crippen molar-refractivity contribution in [3.63, 3.8) is 0 Å². The number of anilines is 2. The SMILES string of the molecule is COC[C@@H](C)Nc1cc(Cl)ccc1N1CCC(CO)CC1. The number of piperidine rings is 1. The van der Waals surface area contributed by atoms with Gasteiger partial charge in [0.2, 0.25) is 0 Å². The van der Waals surface area contributed by atoms with E-state index < -0.39 is 0 Å². The van der Waals surface area contributed by atoms with Crippen molar-refractivity contribution in [2.24, 2.45) is 5.92 Å². The summed E-state index contributed by atoms with van der Waals surface area (Å²) >= 11 is 6.14. The number of halogens is 1. The predicted molar refractivity (Wildman–Crippen MR) is 88.4 cm³/mol. The second-order valence-corrected chi connectivity index (χ2v) is 6.21. The third kappa shape index (κ3) is 4.50. The zero-order valence-electron chi connectivity index (χ0n) is 12.8. The molecular formula is C16H25ClN2O2. The van der Waals surface area contributed by atoms with E-state index in [9.17, 15) is 5.11 Å². The summed E-state index contributed by atoms with van der Waals surface area (Å²) in [6.45, 7) is 4.98. The molecule has 2 rings (SSSR count). The van der Waals surface area contributed by atoms with E-state index in [0.717, 1.165) is 36.6 Å². The number of benzene rings is 1. The summed E-state index contributed by atoms with van der Waals surface area (Å²) < 4.78 is 5.18. The molecule has 21 heavy (non-hydrogen) atoms. The minimum absolute atomic E-state index is 0.224. The minimum atomic E-state index is 0.224. The largest absolute Gasteiger partial charge is 0.396 e. The average molecular weight is 313 g/mol. The first-order valence-corrected chi connectivity index (χ1v) is 7.92. The molecule has 1 fully saturated rings. The Bertz CT molecular complexity index is 448. The van der Waals surface area contributed by atoms with Crippen molar-refractivity contribution in [1.29, 1.82) is 0 Å². The average Bonchev–Trinajstić information content (AvgIpc) is 2.48. The molecule has 0 bridgehead atoms. The molecule has 4 nitrogen and oxygen atoms in total. The van der Waals surface area contributed by atoms with Gasteiger partial charge in [0.15, 0.2) is 0 Å². The molecule has 1 aromatic carbocycles. The number of rotatable bonds is 6. The fourth-order valence-electron chi connectivity index (χ4n) is 2.81. The number of aliphatic hydroxyl groups is 1. The molecule has 0 spiro atoms. The molecule has 118 valence electrons. The fourth-order valence-corrected chi connectivity index (χ4v) is 2.99. The van der Waals surface area contributed by atoms with Gasteiger partial charge >= 0.3 is 0 Å². The Morgan fingerprint density at radius 3 is 2.76 bits per heavy atom. The summed E-state index contributed by atoms with van der Waals surface area (Å²) in [6, 6.07) is 6.20. The van der Waals surface area contributed by atoms with Gasteiger partial charge in [-0.2, -0.15) is 0 Å². The lowest BCUT2D eigenvalue weighted by molar-refractivity contribution is 0.190. The van der Waals surface area contributed by atoms with Gasteiger partial charge in [0, 0.05) is 37.9 Å². The van der Waals surface area contributed by atoms with E-state index in [4.69, 9.17) is 16.3 Å². The Balaban J connectivity index is 2.11. The van der Waals surface area contributed by atoms with Gasteiger partial charge in [0.1, 0.15) is 0 Å². The summed E-state index contributed by atoms with van der Waals surface area (Å²) in [6.07, 6.45) is 2.07. The highest BCUT2D eigenvalue weighted by molar-refractivity contribution is 6.31. The van der Waals surface area contributed by atoms with Crippen LogP contribution in [-0.4, -0.2) is 44.6 Å². The van der Waals surface area contributed by atoms with Crippen molar-refractivity contribution in [3.05, 3.63) is 23.2 Å². The van der Waals surface area contributed by atoms with Gasteiger partial charge in [-0.25, -0.2) is 0 Å². The van der Waals surface area contributed by atoms with Crippen LogP contribution >= 0.6 is 11.6 Å². The Labute approximate surface area is 132 Å². The van der Waals surface area contributed by atoms with Gasteiger partial charge in [-0.1, -0.05) is 11.6 Å². The van der Waals surface area contributed by atoms with Crippen LogP contribution in [-0.2, 0) is 4.74 Å². The van der Waals surface area contributed by atoms with Gasteiger partial charge in [0.05, 0.1) is 18.0 Å². The van der Waals surface area contributed by atoms with E-state index in [1.54, 1.807) is 7.11 Å². The first kappa shape index (κ1) is 16.4. The zero-order valence-corrected chi connectivity index (χ0v) is 13.6. The van der Waals surface area contributed by atoms with Crippen molar-refractivity contribution in [2.75, 3.05) is 43.6 Å². The molecule has 0 aliphatic carbocycles. The molecule has 0 radical (unpaired) electrons. The Hall–Kier alpha value is -0.970. The van der Waals surface area contributed by atoms with Gasteiger partial charge in [-0.15, -0.1) is 0 Å².